The van der Waals surface area contributed by atoms with E-state index in [-0.39, 0.29) is 5.91 Å². The third kappa shape index (κ3) is 4.19. The van der Waals surface area contributed by atoms with Gasteiger partial charge in [-0.1, -0.05) is 29.8 Å². The molecule has 0 saturated carbocycles. The van der Waals surface area contributed by atoms with E-state index in [1.165, 1.54) is 19.3 Å². The van der Waals surface area contributed by atoms with Gasteiger partial charge in [-0.05, 0) is 50.5 Å². The van der Waals surface area contributed by atoms with Crippen molar-refractivity contribution in [1.29, 1.82) is 0 Å². The van der Waals surface area contributed by atoms with Crippen LogP contribution in [0.2, 0.25) is 0 Å². The zero-order chi connectivity index (χ0) is 18.6. The average molecular weight is 378 g/mol. The van der Waals surface area contributed by atoms with Gasteiger partial charge in [0.15, 0.2) is 5.13 Å². The molecule has 1 N–H and O–H groups in total. The lowest BCUT2D eigenvalue weighted by Crippen LogP contribution is -2.29. The van der Waals surface area contributed by atoms with Crippen LogP contribution < -0.4 is 10.2 Å². The molecule has 4 rings (SSSR count). The molecule has 0 aliphatic carbocycles. The van der Waals surface area contributed by atoms with Crippen LogP contribution in [-0.4, -0.2) is 24.0 Å². The Morgan fingerprint density at radius 2 is 1.70 bits per heavy atom. The Balaban J connectivity index is 1.43. The second-order valence-electron chi connectivity index (χ2n) is 6.96. The van der Waals surface area contributed by atoms with Gasteiger partial charge in [-0.3, -0.25) is 4.79 Å². The summed E-state index contributed by atoms with van der Waals surface area (Å²) in [5, 5.41) is 6.18. The molecule has 1 aromatic heterocycles. The van der Waals surface area contributed by atoms with Gasteiger partial charge in [0, 0.05) is 35.3 Å². The maximum absolute atomic E-state index is 12.3. The summed E-state index contributed by atoms with van der Waals surface area (Å²) in [6.45, 7) is 4.23. The minimum atomic E-state index is -0.0937. The van der Waals surface area contributed by atoms with E-state index in [0.717, 1.165) is 40.7 Å². The molecule has 0 radical (unpaired) electrons. The zero-order valence-electron chi connectivity index (χ0n) is 15.4. The summed E-state index contributed by atoms with van der Waals surface area (Å²) in [7, 11) is 0. The lowest BCUT2D eigenvalue weighted by atomic mass is 10.1. The van der Waals surface area contributed by atoms with E-state index in [1.54, 1.807) is 11.3 Å². The van der Waals surface area contributed by atoms with Crippen LogP contribution in [0.15, 0.2) is 53.9 Å². The fourth-order valence-corrected chi connectivity index (χ4v) is 4.15. The second-order valence-corrected chi connectivity index (χ2v) is 7.80. The first-order valence-electron chi connectivity index (χ1n) is 9.38. The predicted molar refractivity (Wildman–Crippen MR) is 113 cm³/mol. The van der Waals surface area contributed by atoms with Crippen molar-refractivity contribution in [2.45, 2.75) is 26.2 Å². The molecule has 0 atom stereocenters. The van der Waals surface area contributed by atoms with E-state index in [2.05, 4.69) is 15.6 Å². The lowest BCUT2D eigenvalue weighted by molar-refractivity contribution is 0.102. The van der Waals surface area contributed by atoms with Crippen molar-refractivity contribution >= 4 is 28.1 Å². The molecule has 1 aliphatic heterocycles. The van der Waals surface area contributed by atoms with Crippen LogP contribution in [0.25, 0.3) is 11.3 Å². The van der Waals surface area contributed by atoms with Crippen molar-refractivity contribution in [2.75, 3.05) is 23.3 Å². The molecule has 1 amide bonds. The Bertz CT molecular complexity index is 909. The molecule has 1 fully saturated rings. The molecule has 4 nitrogen and oxygen atoms in total. The molecule has 1 aliphatic rings. The highest BCUT2D eigenvalue weighted by Gasteiger charge is 2.15. The van der Waals surface area contributed by atoms with Crippen LogP contribution >= 0.6 is 11.3 Å². The van der Waals surface area contributed by atoms with E-state index >= 15 is 0 Å². The SMILES string of the molecule is Cc1ccc(C(=O)Nc2ccc(-c3csc(N4CCCCC4)n3)cc2)cc1. The third-order valence-corrected chi connectivity index (χ3v) is 5.77. The summed E-state index contributed by atoms with van der Waals surface area (Å²) < 4.78 is 0. The predicted octanol–water partition coefficient (Wildman–Crippen LogP) is 5.36. The number of benzene rings is 2. The number of aryl methyl sites for hydroxylation is 1. The number of carbonyl (C=O) groups is 1. The molecular formula is C22H23N3OS. The summed E-state index contributed by atoms with van der Waals surface area (Å²) >= 11 is 1.71. The van der Waals surface area contributed by atoms with Crippen LogP contribution in [0.4, 0.5) is 10.8 Å². The third-order valence-electron chi connectivity index (χ3n) is 4.87. The van der Waals surface area contributed by atoms with E-state index < -0.39 is 0 Å². The molecule has 0 unspecified atom stereocenters. The van der Waals surface area contributed by atoms with Gasteiger partial charge in [-0.25, -0.2) is 4.98 Å². The van der Waals surface area contributed by atoms with Crippen LogP contribution in [0.1, 0.15) is 35.2 Å². The number of piperidine rings is 1. The number of nitrogens with one attached hydrogen (secondary N) is 1. The Kier molecular flexibility index (Phi) is 5.21. The Labute approximate surface area is 163 Å². The number of nitrogens with zero attached hydrogens (tertiary/aromatic N) is 2. The van der Waals surface area contributed by atoms with Crippen molar-refractivity contribution in [3.05, 3.63) is 65.0 Å². The lowest BCUT2D eigenvalue weighted by Gasteiger charge is -2.25. The van der Waals surface area contributed by atoms with E-state index in [9.17, 15) is 4.79 Å². The summed E-state index contributed by atoms with van der Waals surface area (Å²) in [5.41, 5.74) is 4.66. The number of carbonyl (C=O) groups excluding carboxylic acids is 1. The number of amides is 1. The standard InChI is InChI=1S/C22H23N3OS/c1-16-5-7-18(8-6-16)21(26)23-19-11-9-17(10-12-19)20-15-27-22(24-20)25-13-3-2-4-14-25/h5-12,15H,2-4,13-14H2,1H3,(H,23,26). The Hall–Kier alpha value is -2.66. The minimum Gasteiger partial charge on any atom is -0.348 e. The molecule has 0 bridgehead atoms. The first kappa shape index (κ1) is 17.7. The molecule has 2 aromatic carbocycles. The fourth-order valence-electron chi connectivity index (χ4n) is 3.26. The number of hydrogen-bond donors (Lipinski definition) is 1. The first-order valence-corrected chi connectivity index (χ1v) is 10.3. The zero-order valence-corrected chi connectivity index (χ0v) is 16.3. The normalized spacial score (nSPS) is 14.2. The van der Waals surface area contributed by atoms with Crippen molar-refractivity contribution in [2.24, 2.45) is 0 Å². The van der Waals surface area contributed by atoms with Crippen molar-refractivity contribution in [1.82, 2.24) is 4.98 Å². The first-order chi connectivity index (χ1) is 13.2. The molecule has 5 heteroatoms. The van der Waals surface area contributed by atoms with Crippen molar-refractivity contribution in [3.63, 3.8) is 0 Å². The maximum Gasteiger partial charge on any atom is 0.255 e. The highest BCUT2D eigenvalue weighted by atomic mass is 32.1. The smallest absolute Gasteiger partial charge is 0.255 e. The monoisotopic (exact) mass is 377 g/mol. The summed E-state index contributed by atoms with van der Waals surface area (Å²) in [4.78, 5) is 19.5. The van der Waals surface area contributed by atoms with Crippen molar-refractivity contribution in [3.8, 4) is 11.3 Å². The Morgan fingerprint density at radius 1 is 1.00 bits per heavy atom. The fraction of sp³-hybridized carbons (Fsp3) is 0.273. The number of rotatable bonds is 4. The van der Waals surface area contributed by atoms with Crippen LogP contribution in [0.5, 0.6) is 0 Å². The van der Waals surface area contributed by atoms with Gasteiger partial charge in [0.1, 0.15) is 0 Å². The van der Waals surface area contributed by atoms with Crippen LogP contribution in [0.3, 0.4) is 0 Å². The largest absolute Gasteiger partial charge is 0.348 e. The quantitative estimate of drug-likeness (QED) is 0.665. The van der Waals surface area contributed by atoms with Crippen LogP contribution in [-0.2, 0) is 0 Å². The summed E-state index contributed by atoms with van der Waals surface area (Å²) in [5.74, 6) is -0.0937. The highest BCUT2D eigenvalue weighted by Crippen LogP contribution is 2.29. The number of thiazole rings is 1. The van der Waals surface area contributed by atoms with Crippen molar-refractivity contribution < 1.29 is 4.79 Å². The molecule has 3 aromatic rings. The summed E-state index contributed by atoms with van der Waals surface area (Å²) in [6.07, 6.45) is 3.83. The molecule has 138 valence electrons. The molecular weight excluding hydrogens is 354 g/mol. The molecule has 1 saturated heterocycles. The minimum absolute atomic E-state index is 0.0937. The number of aromatic nitrogens is 1. The average Bonchev–Trinajstić information content (AvgIpc) is 3.20. The molecule has 2 heterocycles. The number of hydrogen-bond acceptors (Lipinski definition) is 4. The van der Waals surface area contributed by atoms with E-state index in [4.69, 9.17) is 4.98 Å². The van der Waals surface area contributed by atoms with E-state index in [0.29, 0.717) is 5.56 Å². The van der Waals surface area contributed by atoms with Gasteiger partial charge in [0.25, 0.3) is 5.91 Å². The van der Waals surface area contributed by atoms with Gasteiger partial charge in [0.05, 0.1) is 5.69 Å². The van der Waals surface area contributed by atoms with Gasteiger partial charge >= 0.3 is 0 Å². The van der Waals surface area contributed by atoms with Gasteiger partial charge in [-0.2, -0.15) is 0 Å². The maximum atomic E-state index is 12.3. The molecule has 27 heavy (non-hydrogen) atoms. The van der Waals surface area contributed by atoms with Gasteiger partial charge in [0.2, 0.25) is 0 Å². The highest BCUT2D eigenvalue weighted by molar-refractivity contribution is 7.14. The van der Waals surface area contributed by atoms with Gasteiger partial charge < -0.3 is 10.2 Å². The van der Waals surface area contributed by atoms with Gasteiger partial charge in [-0.15, -0.1) is 11.3 Å². The van der Waals surface area contributed by atoms with Crippen LogP contribution in [0, 0.1) is 6.92 Å². The number of anilines is 2. The topological polar surface area (TPSA) is 45.2 Å². The molecule has 0 spiro atoms. The summed E-state index contributed by atoms with van der Waals surface area (Å²) in [6, 6.07) is 15.5. The second kappa shape index (κ2) is 7.92. The van der Waals surface area contributed by atoms with E-state index in [1.807, 2.05) is 55.5 Å². The Morgan fingerprint density at radius 3 is 2.41 bits per heavy atom.